The summed E-state index contributed by atoms with van der Waals surface area (Å²) in [7, 11) is 0. The summed E-state index contributed by atoms with van der Waals surface area (Å²) < 4.78 is 17.7. The Morgan fingerprint density at radius 2 is 0.812 bits per heavy atom. The molecular formula is C74H135NO10. The predicted octanol–water partition coefficient (Wildman–Crippen LogP) is 18.5. The van der Waals surface area contributed by atoms with Crippen LogP contribution in [0.4, 0.5) is 0 Å². The third kappa shape index (κ3) is 48.9. The van der Waals surface area contributed by atoms with Crippen molar-refractivity contribution in [2.75, 3.05) is 13.2 Å². The predicted molar refractivity (Wildman–Crippen MR) is 356 cm³/mol. The molecular weight excluding hydrogens is 1060 g/mol. The molecule has 1 aliphatic heterocycles. The standard InChI is InChI=1S/C74H135NO10/c1-4-7-10-13-16-19-22-25-27-29-30-31-32-33-34-35-36-37-39-40-43-46-49-52-55-58-61-67(78)73(82)75-65(66(77)60-57-54-51-48-45-42-24-21-18-15-12-9-6-3)64-83-74-72(71(81)70(80)68(63-76)84-74)85-69(79)62-59-56-53-50-47-44-41-38-28-26-23-20-17-14-11-8-5-2/h16,19,25,27,30-31,33-34,57,60,65-68,70-72,74,76-78,80-81H,4-15,17-18,20-24,26,28-29,32,35-56,58-59,61-64H2,1-3H3,(H,75,82)/b19-16-,27-25-,31-30-,34-33-,60-57+. The van der Waals surface area contributed by atoms with Crippen molar-refractivity contribution in [3.63, 3.8) is 0 Å². The van der Waals surface area contributed by atoms with E-state index in [1.54, 1.807) is 6.08 Å². The number of unbranched alkanes of at least 4 members (excludes halogenated alkanes) is 40. The van der Waals surface area contributed by atoms with Crippen LogP contribution in [0.25, 0.3) is 0 Å². The molecule has 496 valence electrons. The van der Waals surface area contributed by atoms with E-state index in [0.717, 1.165) is 83.5 Å². The average Bonchev–Trinajstić information content (AvgIpc) is 3.22. The van der Waals surface area contributed by atoms with Crippen molar-refractivity contribution in [1.29, 1.82) is 0 Å². The first-order valence-electron chi connectivity index (χ1n) is 36.1. The van der Waals surface area contributed by atoms with Crippen molar-refractivity contribution < 1.29 is 49.3 Å². The monoisotopic (exact) mass is 1200 g/mol. The highest BCUT2D eigenvalue weighted by Crippen LogP contribution is 2.26. The lowest BCUT2D eigenvalue weighted by molar-refractivity contribution is -0.305. The first kappa shape index (κ1) is 80.4. The largest absolute Gasteiger partial charge is 0.454 e. The van der Waals surface area contributed by atoms with Gasteiger partial charge < -0.3 is 45.1 Å². The van der Waals surface area contributed by atoms with E-state index in [1.807, 2.05) is 6.08 Å². The van der Waals surface area contributed by atoms with Gasteiger partial charge >= 0.3 is 5.97 Å². The molecule has 6 N–H and O–H groups in total. The molecule has 0 aromatic carbocycles. The third-order valence-corrected chi connectivity index (χ3v) is 16.9. The van der Waals surface area contributed by atoms with Crippen molar-refractivity contribution in [2.24, 2.45) is 0 Å². The molecule has 0 aliphatic carbocycles. The van der Waals surface area contributed by atoms with Gasteiger partial charge in [0, 0.05) is 6.42 Å². The van der Waals surface area contributed by atoms with Crippen LogP contribution in [-0.4, -0.2) is 99.6 Å². The first-order chi connectivity index (χ1) is 41.7. The van der Waals surface area contributed by atoms with E-state index in [2.05, 4.69) is 74.7 Å². The molecule has 0 saturated carbocycles. The van der Waals surface area contributed by atoms with Gasteiger partial charge in [0.1, 0.15) is 24.4 Å². The molecule has 11 heteroatoms. The number of rotatable bonds is 62. The summed E-state index contributed by atoms with van der Waals surface area (Å²) in [6.45, 7) is 5.81. The minimum atomic E-state index is -1.61. The molecule has 0 spiro atoms. The number of esters is 1. The second kappa shape index (κ2) is 61.6. The minimum Gasteiger partial charge on any atom is -0.454 e. The highest BCUT2D eigenvalue weighted by molar-refractivity contribution is 5.80. The summed E-state index contributed by atoms with van der Waals surface area (Å²) in [5.74, 6) is -1.19. The number of ether oxygens (including phenoxy) is 3. The molecule has 8 atom stereocenters. The fourth-order valence-electron chi connectivity index (χ4n) is 11.2. The summed E-state index contributed by atoms with van der Waals surface area (Å²) in [4.78, 5) is 26.7. The number of allylic oxidation sites excluding steroid dienone is 9. The lowest BCUT2D eigenvalue weighted by Crippen LogP contribution is -2.61. The highest BCUT2D eigenvalue weighted by Gasteiger charge is 2.47. The summed E-state index contributed by atoms with van der Waals surface area (Å²) in [6, 6.07) is -1.03. The van der Waals surface area contributed by atoms with Crippen LogP contribution in [0.3, 0.4) is 0 Å². The number of amides is 1. The van der Waals surface area contributed by atoms with Crippen molar-refractivity contribution in [3.05, 3.63) is 60.8 Å². The van der Waals surface area contributed by atoms with Crippen molar-refractivity contribution in [3.8, 4) is 0 Å². The summed E-state index contributed by atoms with van der Waals surface area (Å²) in [5.41, 5.74) is 0. The molecule has 0 radical (unpaired) electrons. The van der Waals surface area contributed by atoms with E-state index in [4.69, 9.17) is 14.2 Å². The van der Waals surface area contributed by atoms with Gasteiger partial charge in [-0.1, -0.05) is 319 Å². The molecule has 11 nitrogen and oxygen atoms in total. The lowest BCUT2D eigenvalue weighted by atomic mass is 9.99. The molecule has 1 fully saturated rings. The van der Waals surface area contributed by atoms with Crippen LogP contribution in [0.1, 0.15) is 335 Å². The van der Waals surface area contributed by atoms with Gasteiger partial charge in [0.15, 0.2) is 12.4 Å². The van der Waals surface area contributed by atoms with Crippen LogP contribution in [0.15, 0.2) is 60.8 Å². The molecule has 1 heterocycles. The van der Waals surface area contributed by atoms with Crippen LogP contribution in [0.2, 0.25) is 0 Å². The number of carbonyl (C=O) groups excluding carboxylic acids is 2. The Bertz CT molecular complexity index is 1620. The smallest absolute Gasteiger partial charge is 0.306 e. The number of hydrogen-bond donors (Lipinski definition) is 6. The molecule has 1 saturated heterocycles. The van der Waals surface area contributed by atoms with E-state index in [1.165, 1.54) is 205 Å². The summed E-state index contributed by atoms with van der Waals surface area (Å²) in [5, 5.41) is 57.3. The molecule has 1 amide bonds. The zero-order valence-electron chi connectivity index (χ0n) is 55.2. The summed E-state index contributed by atoms with van der Waals surface area (Å²) in [6.07, 6.45) is 68.3. The Balaban J connectivity index is 2.58. The molecule has 8 unspecified atom stereocenters. The van der Waals surface area contributed by atoms with E-state index >= 15 is 0 Å². The van der Waals surface area contributed by atoms with Crippen LogP contribution < -0.4 is 5.32 Å². The molecule has 85 heavy (non-hydrogen) atoms. The maximum absolute atomic E-state index is 13.5. The Morgan fingerprint density at radius 1 is 0.459 bits per heavy atom. The Labute approximate surface area is 522 Å². The second-order valence-corrected chi connectivity index (χ2v) is 25.0. The van der Waals surface area contributed by atoms with Crippen molar-refractivity contribution >= 4 is 11.9 Å². The Kier molecular flexibility index (Phi) is 58.2. The van der Waals surface area contributed by atoms with Gasteiger partial charge in [-0.05, 0) is 70.6 Å². The minimum absolute atomic E-state index is 0.127. The van der Waals surface area contributed by atoms with E-state index in [0.29, 0.717) is 12.8 Å². The number of aliphatic hydroxyl groups is 5. The zero-order chi connectivity index (χ0) is 61.7. The number of nitrogens with one attached hydrogen (secondary N) is 1. The van der Waals surface area contributed by atoms with Gasteiger partial charge in [0.05, 0.1) is 25.4 Å². The molecule has 0 aromatic heterocycles. The van der Waals surface area contributed by atoms with Gasteiger partial charge in [-0.2, -0.15) is 0 Å². The Morgan fingerprint density at radius 3 is 1.24 bits per heavy atom. The van der Waals surface area contributed by atoms with Crippen LogP contribution in [0.5, 0.6) is 0 Å². The van der Waals surface area contributed by atoms with E-state index in [-0.39, 0.29) is 19.4 Å². The van der Waals surface area contributed by atoms with Crippen molar-refractivity contribution in [2.45, 2.75) is 384 Å². The summed E-state index contributed by atoms with van der Waals surface area (Å²) >= 11 is 0. The van der Waals surface area contributed by atoms with Crippen LogP contribution in [-0.2, 0) is 23.8 Å². The van der Waals surface area contributed by atoms with Gasteiger partial charge in [-0.15, -0.1) is 0 Å². The normalized spacial score (nSPS) is 18.7. The lowest BCUT2D eigenvalue weighted by Gasteiger charge is -2.41. The van der Waals surface area contributed by atoms with Gasteiger partial charge in [0.25, 0.3) is 0 Å². The van der Waals surface area contributed by atoms with Crippen LogP contribution >= 0.6 is 0 Å². The van der Waals surface area contributed by atoms with Gasteiger partial charge in [-0.25, -0.2) is 0 Å². The molecule has 1 aliphatic rings. The van der Waals surface area contributed by atoms with Crippen LogP contribution in [0, 0.1) is 0 Å². The average molecular weight is 1200 g/mol. The molecule has 0 aromatic rings. The fraction of sp³-hybridized carbons (Fsp3) is 0.838. The van der Waals surface area contributed by atoms with Crippen molar-refractivity contribution in [1.82, 2.24) is 5.32 Å². The van der Waals surface area contributed by atoms with E-state index in [9.17, 15) is 35.1 Å². The first-order valence-corrected chi connectivity index (χ1v) is 36.1. The fourth-order valence-corrected chi connectivity index (χ4v) is 11.2. The van der Waals surface area contributed by atoms with Gasteiger partial charge in [0.2, 0.25) is 5.91 Å². The number of carbonyl (C=O) groups is 2. The maximum Gasteiger partial charge on any atom is 0.306 e. The van der Waals surface area contributed by atoms with E-state index < -0.39 is 67.4 Å². The Hall–Kier alpha value is -2.64. The number of hydrogen-bond acceptors (Lipinski definition) is 10. The third-order valence-electron chi connectivity index (χ3n) is 16.9. The second-order valence-electron chi connectivity index (χ2n) is 25.0. The number of aliphatic hydroxyl groups excluding tert-OH is 5. The molecule has 0 bridgehead atoms. The topological polar surface area (TPSA) is 175 Å². The quantitative estimate of drug-likeness (QED) is 0.0195. The highest BCUT2D eigenvalue weighted by atomic mass is 16.7. The maximum atomic E-state index is 13.5. The molecule has 1 rings (SSSR count). The zero-order valence-corrected chi connectivity index (χ0v) is 55.2. The van der Waals surface area contributed by atoms with Gasteiger partial charge in [-0.3, -0.25) is 9.59 Å². The SMILES string of the molecule is CCCCC/C=C\C/C=C\C/C=C\C/C=C\CCCCCCCCCCCCC(O)C(=O)NC(COC1OC(CO)C(O)C(O)C1OC(=O)CCCCCCCCCCCCCCCCCCC)C(O)/C=C/CCCCCCCCCCCCC.